The van der Waals surface area contributed by atoms with Crippen LogP contribution in [0.15, 0.2) is 59.7 Å². The molecule has 1 aliphatic rings. The van der Waals surface area contributed by atoms with Gasteiger partial charge in [0.2, 0.25) is 5.91 Å². The highest BCUT2D eigenvalue weighted by atomic mass is 35.5. The van der Waals surface area contributed by atoms with Gasteiger partial charge in [-0.1, -0.05) is 41.9 Å². The van der Waals surface area contributed by atoms with Crippen LogP contribution in [-0.2, 0) is 19.1 Å². The maximum absolute atomic E-state index is 12.4. The molecule has 0 aromatic heterocycles. The Kier molecular flexibility index (Phi) is 6.68. The summed E-state index contributed by atoms with van der Waals surface area (Å²) in [5.41, 5.74) is 6.97. The average Bonchev–Trinajstić information content (AvgIpc) is 3.19. The second kappa shape index (κ2) is 9.41. The van der Waals surface area contributed by atoms with E-state index in [-0.39, 0.29) is 18.2 Å². The van der Waals surface area contributed by atoms with Crippen LogP contribution in [0.4, 0.5) is 5.69 Å². The molecule has 9 heteroatoms. The van der Waals surface area contributed by atoms with E-state index in [1.807, 2.05) is 6.07 Å². The monoisotopic (exact) mass is 428 g/mol. The number of esters is 1. The lowest BCUT2D eigenvalue weighted by Crippen LogP contribution is -2.39. The fraction of sp³-hybridized carbons (Fsp3) is 0.238. The molecule has 1 aliphatic heterocycles. The van der Waals surface area contributed by atoms with Crippen LogP contribution in [0.3, 0.4) is 0 Å². The predicted octanol–water partition coefficient (Wildman–Crippen LogP) is 2.18. The number of amides is 2. The van der Waals surface area contributed by atoms with Crippen molar-refractivity contribution in [2.75, 3.05) is 11.6 Å². The molecule has 0 saturated carbocycles. The molecular weight excluding hydrogens is 408 g/mol. The summed E-state index contributed by atoms with van der Waals surface area (Å²) in [4.78, 5) is 36.3. The van der Waals surface area contributed by atoms with E-state index in [9.17, 15) is 14.4 Å². The van der Waals surface area contributed by atoms with Crippen LogP contribution in [0.1, 0.15) is 24.9 Å². The summed E-state index contributed by atoms with van der Waals surface area (Å²) in [6, 6.07) is 14.9. The van der Waals surface area contributed by atoms with E-state index in [2.05, 4.69) is 10.4 Å². The molecule has 2 atom stereocenters. The number of para-hydroxylation sites is 1. The maximum atomic E-state index is 12.4. The van der Waals surface area contributed by atoms with Crippen molar-refractivity contribution in [2.24, 2.45) is 10.8 Å². The first-order valence-corrected chi connectivity index (χ1v) is 9.66. The van der Waals surface area contributed by atoms with Crippen LogP contribution in [0.25, 0.3) is 0 Å². The van der Waals surface area contributed by atoms with E-state index < -0.39 is 30.4 Å². The van der Waals surface area contributed by atoms with Gasteiger partial charge in [0, 0.05) is 11.4 Å². The number of hydrazone groups is 1. The number of halogens is 1. The van der Waals surface area contributed by atoms with Gasteiger partial charge in [-0.3, -0.25) is 14.6 Å². The minimum Gasteiger partial charge on any atom is -0.451 e. The van der Waals surface area contributed by atoms with Crippen LogP contribution in [0.5, 0.6) is 0 Å². The van der Waals surface area contributed by atoms with E-state index in [0.29, 0.717) is 10.7 Å². The number of carbonyl (C=O) groups excluding carboxylic acids is 3. The van der Waals surface area contributed by atoms with Gasteiger partial charge >= 0.3 is 5.97 Å². The molecule has 2 unspecified atom stereocenters. The van der Waals surface area contributed by atoms with Gasteiger partial charge in [0.05, 0.1) is 11.7 Å². The van der Waals surface area contributed by atoms with Gasteiger partial charge < -0.3 is 15.8 Å². The molecule has 2 amide bonds. The second-order valence-electron chi connectivity index (χ2n) is 6.77. The number of ether oxygens (including phenoxy) is 1. The molecule has 2 aromatic rings. The van der Waals surface area contributed by atoms with Gasteiger partial charge in [-0.2, -0.15) is 5.10 Å². The molecule has 0 fully saturated rings. The Morgan fingerprint density at radius 3 is 2.50 bits per heavy atom. The van der Waals surface area contributed by atoms with Gasteiger partial charge in [-0.05, 0) is 36.8 Å². The lowest BCUT2D eigenvalue weighted by Gasteiger charge is -2.20. The van der Waals surface area contributed by atoms with Gasteiger partial charge in [0.1, 0.15) is 11.8 Å². The Hall–Kier alpha value is -3.39. The van der Waals surface area contributed by atoms with Crippen molar-refractivity contribution in [3.63, 3.8) is 0 Å². The Balaban J connectivity index is 1.58. The first-order valence-electron chi connectivity index (χ1n) is 9.28. The molecule has 0 bridgehead atoms. The highest BCUT2D eigenvalue weighted by Gasteiger charge is 2.35. The fourth-order valence-electron chi connectivity index (χ4n) is 3.01. The van der Waals surface area contributed by atoms with E-state index in [0.717, 1.165) is 5.56 Å². The first-order chi connectivity index (χ1) is 14.3. The Morgan fingerprint density at radius 1 is 1.20 bits per heavy atom. The number of hydrogen-bond acceptors (Lipinski definition) is 6. The van der Waals surface area contributed by atoms with Crippen molar-refractivity contribution in [1.82, 2.24) is 5.32 Å². The summed E-state index contributed by atoms with van der Waals surface area (Å²) in [6.45, 7) is 1.33. The van der Waals surface area contributed by atoms with Crippen LogP contribution in [0, 0.1) is 0 Å². The molecule has 8 nitrogen and oxygen atoms in total. The Labute approximate surface area is 178 Å². The smallest absolute Gasteiger partial charge is 0.355 e. The van der Waals surface area contributed by atoms with E-state index in [1.54, 1.807) is 55.5 Å². The summed E-state index contributed by atoms with van der Waals surface area (Å²) >= 11 is 5.86. The van der Waals surface area contributed by atoms with Gasteiger partial charge in [-0.15, -0.1) is 0 Å². The minimum absolute atomic E-state index is 0.00581. The third kappa shape index (κ3) is 5.15. The van der Waals surface area contributed by atoms with Crippen LogP contribution in [-0.4, -0.2) is 36.1 Å². The zero-order valence-electron chi connectivity index (χ0n) is 16.2. The van der Waals surface area contributed by atoms with Crippen LogP contribution >= 0.6 is 11.6 Å². The van der Waals surface area contributed by atoms with Crippen molar-refractivity contribution in [1.29, 1.82) is 0 Å². The van der Waals surface area contributed by atoms with Crippen molar-refractivity contribution < 1.29 is 19.1 Å². The molecule has 0 spiro atoms. The molecule has 2 aromatic carbocycles. The third-order valence-corrected chi connectivity index (χ3v) is 4.83. The number of nitrogens with two attached hydrogens (primary N) is 1. The number of anilines is 1. The Morgan fingerprint density at radius 2 is 1.87 bits per heavy atom. The number of nitrogens with zero attached hydrogens (tertiary/aromatic N) is 2. The van der Waals surface area contributed by atoms with Crippen molar-refractivity contribution >= 4 is 40.8 Å². The molecule has 1 heterocycles. The molecule has 30 heavy (non-hydrogen) atoms. The van der Waals surface area contributed by atoms with Crippen LogP contribution < -0.4 is 16.1 Å². The zero-order chi connectivity index (χ0) is 21.7. The summed E-state index contributed by atoms with van der Waals surface area (Å²) < 4.78 is 5.07. The lowest BCUT2D eigenvalue weighted by atomic mass is 10.1. The predicted molar refractivity (Wildman–Crippen MR) is 113 cm³/mol. The average molecular weight is 429 g/mol. The molecule has 0 radical (unpaired) electrons. The van der Waals surface area contributed by atoms with Crippen molar-refractivity contribution in [2.45, 2.75) is 25.4 Å². The van der Waals surface area contributed by atoms with Crippen molar-refractivity contribution in [3.8, 4) is 0 Å². The molecule has 156 valence electrons. The number of primary amides is 1. The Bertz CT molecular complexity index is 963. The van der Waals surface area contributed by atoms with Gasteiger partial charge in [0.15, 0.2) is 6.61 Å². The molecule has 3 N–H and O–H groups in total. The molecule has 0 aliphatic carbocycles. The largest absolute Gasteiger partial charge is 0.451 e. The number of nitrogens with one attached hydrogen (secondary N) is 1. The standard InChI is InChI=1S/C21H21ClN4O4/c1-13(14-7-9-15(22)10-8-14)24-19(27)12-30-21(29)17-11-18(20(23)28)26(25-17)16-5-3-2-4-6-16/h2-10,13,18H,11-12H2,1H3,(H2,23,28)(H,24,27). The summed E-state index contributed by atoms with van der Waals surface area (Å²) in [5.74, 6) is -1.84. The summed E-state index contributed by atoms with van der Waals surface area (Å²) in [6.07, 6.45) is 0.00581. The summed E-state index contributed by atoms with van der Waals surface area (Å²) in [7, 11) is 0. The molecule has 3 rings (SSSR count). The second-order valence-corrected chi connectivity index (χ2v) is 7.20. The SMILES string of the molecule is CC(NC(=O)COC(=O)C1=NN(c2ccccc2)C(C(N)=O)C1)c1ccc(Cl)cc1. The van der Waals surface area contributed by atoms with Gasteiger partial charge in [-0.25, -0.2) is 4.79 Å². The number of benzene rings is 2. The topological polar surface area (TPSA) is 114 Å². The van der Waals surface area contributed by atoms with E-state index >= 15 is 0 Å². The minimum atomic E-state index is -0.797. The highest BCUT2D eigenvalue weighted by Crippen LogP contribution is 2.24. The van der Waals surface area contributed by atoms with Crippen molar-refractivity contribution in [3.05, 3.63) is 65.2 Å². The molecular formula is C21H21ClN4O4. The zero-order valence-corrected chi connectivity index (χ0v) is 17.0. The highest BCUT2D eigenvalue weighted by molar-refractivity contribution is 6.38. The number of carbonyl (C=O) groups is 3. The quantitative estimate of drug-likeness (QED) is 0.656. The summed E-state index contributed by atoms with van der Waals surface area (Å²) in [5, 5.41) is 8.92. The fourth-order valence-corrected chi connectivity index (χ4v) is 3.13. The van der Waals surface area contributed by atoms with E-state index in [4.69, 9.17) is 22.1 Å². The number of rotatable bonds is 7. The lowest BCUT2D eigenvalue weighted by molar-refractivity contribution is -0.142. The first kappa shape index (κ1) is 21.3. The maximum Gasteiger partial charge on any atom is 0.355 e. The van der Waals surface area contributed by atoms with Crippen LogP contribution in [0.2, 0.25) is 5.02 Å². The third-order valence-electron chi connectivity index (χ3n) is 4.58. The normalized spacial score (nSPS) is 16.5. The van der Waals surface area contributed by atoms with E-state index in [1.165, 1.54) is 5.01 Å². The number of hydrogen-bond donors (Lipinski definition) is 2. The molecule has 0 saturated heterocycles. The van der Waals surface area contributed by atoms with Gasteiger partial charge in [0.25, 0.3) is 5.91 Å².